The maximum Gasteiger partial charge on any atom is 0.272 e. The van der Waals surface area contributed by atoms with E-state index in [1.54, 1.807) is 30.3 Å². The van der Waals surface area contributed by atoms with Crippen LogP contribution in [0.25, 0.3) is 5.69 Å². The summed E-state index contributed by atoms with van der Waals surface area (Å²) >= 11 is 0. The fourth-order valence-electron chi connectivity index (χ4n) is 2.40. The summed E-state index contributed by atoms with van der Waals surface area (Å²) in [6.07, 6.45) is 4.99. The number of sulfone groups is 1. The molecule has 0 saturated heterocycles. The third-order valence-corrected chi connectivity index (χ3v) is 5.17. The van der Waals surface area contributed by atoms with Crippen LogP contribution >= 0.6 is 0 Å². The Balaban J connectivity index is 1.51. The minimum Gasteiger partial charge on any atom is -0.494 e. The Morgan fingerprint density at radius 3 is 2.41 bits per heavy atom. The Hall–Kier alpha value is -3.00. The van der Waals surface area contributed by atoms with E-state index in [2.05, 4.69) is 15.5 Å². The first kappa shape index (κ1) is 18.8. The van der Waals surface area contributed by atoms with Crippen molar-refractivity contribution in [1.29, 1.82) is 0 Å². The van der Waals surface area contributed by atoms with Gasteiger partial charge in [0.15, 0.2) is 0 Å². The summed E-state index contributed by atoms with van der Waals surface area (Å²) in [6, 6.07) is 18.5. The summed E-state index contributed by atoms with van der Waals surface area (Å²) in [5, 5.41) is 10.8. The highest BCUT2D eigenvalue weighted by molar-refractivity contribution is 7.91. The average Bonchev–Trinajstić information content (AvgIpc) is 3.20. The SMILES string of the molecule is O=S(=O)(CC=CCCCOc1ccccc1)c1nnnn1-c1ccccc1. The van der Waals surface area contributed by atoms with Gasteiger partial charge >= 0.3 is 0 Å². The van der Waals surface area contributed by atoms with Crippen LogP contribution in [0.3, 0.4) is 0 Å². The van der Waals surface area contributed by atoms with Gasteiger partial charge in [-0.15, -0.1) is 0 Å². The van der Waals surface area contributed by atoms with E-state index in [0.717, 1.165) is 18.6 Å². The van der Waals surface area contributed by atoms with Crippen molar-refractivity contribution in [2.75, 3.05) is 12.4 Å². The number of hydrogen-bond donors (Lipinski definition) is 0. The van der Waals surface area contributed by atoms with Gasteiger partial charge in [-0.3, -0.25) is 0 Å². The number of tetrazole rings is 1. The van der Waals surface area contributed by atoms with E-state index in [-0.39, 0.29) is 10.9 Å². The molecule has 140 valence electrons. The van der Waals surface area contributed by atoms with Gasteiger partial charge in [-0.2, -0.15) is 4.68 Å². The molecule has 0 atom stereocenters. The topological polar surface area (TPSA) is 87.0 Å². The summed E-state index contributed by atoms with van der Waals surface area (Å²) in [5.41, 5.74) is 0.600. The Morgan fingerprint density at radius 1 is 0.963 bits per heavy atom. The van der Waals surface area contributed by atoms with Crippen molar-refractivity contribution in [2.24, 2.45) is 0 Å². The van der Waals surface area contributed by atoms with Crippen LogP contribution in [0.1, 0.15) is 12.8 Å². The van der Waals surface area contributed by atoms with E-state index >= 15 is 0 Å². The zero-order valence-electron chi connectivity index (χ0n) is 14.7. The van der Waals surface area contributed by atoms with Gasteiger partial charge in [-0.1, -0.05) is 53.6 Å². The standard InChI is InChI=1S/C19H20N4O3S/c24-27(25,19-20-21-22-23(19)17-11-5-3-6-12-17)16-10-2-1-9-15-26-18-13-7-4-8-14-18/h2-8,10-14H,1,9,15-16H2. The summed E-state index contributed by atoms with van der Waals surface area (Å²) < 4.78 is 31.9. The molecule has 0 fully saturated rings. The fraction of sp³-hybridized carbons (Fsp3) is 0.211. The van der Waals surface area contributed by atoms with Crippen molar-refractivity contribution in [2.45, 2.75) is 18.0 Å². The predicted octanol–water partition coefficient (Wildman–Crippen LogP) is 2.85. The quantitative estimate of drug-likeness (QED) is 0.416. The maximum absolute atomic E-state index is 12.5. The third kappa shape index (κ3) is 5.24. The molecule has 0 aliphatic carbocycles. The predicted molar refractivity (Wildman–Crippen MR) is 102 cm³/mol. The van der Waals surface area contributed by atoms with Gasteiger partial charge in [0, 0.05) is 0 Å². The van der Waals surface area contributed by atoms with Crippen LogP contribution in [0.2, 0.25) is 0 Å². The zero-order valence-corrected chi connectivity index (χ0v) is 15.5. The number of benzene rings is 2. The van der Waals surface area contributed by atoms with Crippen molar-refractivity contribution >= 4 is 9.84 Å². The molecule has 27 heavy (non-hydrogen) atoms. The smallest absolute Gasteiger partial charge is 0.272 e. The van der Waals surface area contributed by atoms with E-state index in [1.165, 1.54) is 4.68 Å². The Labute approximate surface area is 158 Å². The monoisotopic (exact) mass is 384 g/mol. The molecule has 1 heterocycles. The lowest BCUT2D eigenvalue weighted by atomic mass is 10.3. The minimum atomic E-state index is -3.62. The highest BCUT2D eigenvalue weighted by atomic mass is 32.2. The van der Waals surface area contributed by atoms with Crippen LogP contribution < -0.4 is 4.74 Å². The number of para-hydroxylation sites is 2. The van der Waals surface area contributed by atoms with E-state index in [1.807, 2.05) is 42.5 Å². The minimum absolute atomic E-state index is 0.153. The van der Waals surface area contributed by atoms with Gasteiger partial charge in [-0.05, 0) is 47.5 Å². The third-order valence-electron chi connectivity index (χ3n) is 3.73. The lowest BCUT2D eigenvalue weighted by molar-refractivity contribution is 0.312. The van der Waals surface area contributed by atoms with Gasteiger partial charge in [0.05, 0.1) is 18.0 Å². The molecule has 0 aliphatic heterocycles. The van der Waals surface area contributed by atoms with Crippen LogP contribution in [0, 0.1) is 0 Å². The molecule has 3 aromatic rings. The first-order chi connectivity index (χ1) is 13.2. The number of aromatic nitrogens is 4. The lowest BCUT2D eigenvalue weighted by Gasteiger charge is -2.04. The molecular weight excluding hydrogens is 364 g/mol. The molecule has 0 N–H and O–H groups in total. The van der Waals surface area contributed by atoms with Crippen LogP contribution in [-0.2, 0) is 9.84 Å². The molecule has 0 amide bonds. The molecule has 0 aliphatic rings. The van der Waals surface area contributed by atoms with Crippen LogP contribution in [-0.4, -0.2) is 41.0 Å². The largest absolute Gasteiger partial charge is 0.494 e. The molecule has 0 saturated carbocycles. The highest BCUT2D eigenvalue weighted by Gasteiger charge is 2.22. The molecule has 0 unspecified atom stereocenters. The molecule has 1 aromatic heterocycles. The highest BCUT2D eigenvalue weighted by Crippen LogP contribution is 2.13. The van der Waals surface area contributed by atoms with Crippen molar-refractivity contribution in [1.82, 2.24) is 20.2 Å². The number of ether oxygens (including phenoxy) is 1. The normalized spacial score (nSPS) is 11.7. The molecule has 7 nitrogen and oxygen atoms in total. The number of allylic oxidation sites excluding steroid dienone is 1. The average molecular weight is 384 g/mol. The fourth-order valence-corrected chi connectivity index (χ4v) is 3.50. The second-order valence-corrected chi connectivity index (χ2v) is 7.69. The lowest BCUT2D eigenvalue weighted by Crippen LogP contribution is -2.13. The Bertz CT molecular complexity index is 970. The van der Waals surface area contributed by atoms with E-state index in [4.69, 9.17) is 4.74 Å². The summed E-state index contributed by atoms with van der Waals surface area (Å²) in [6.45, 7) is 0.577. The van der Waals surface area contributed by atoms with E-state index in [0.29, 0.717) is 12.3 Å². The molecule has 0 spiro atoms. The van der Waals surface area contributed by atoms with Gasteiger partial charge in [0.2, 0.25) is 9.84 Å². The summed E-state index contributed by atoms with van der Waals surface area (Å²) in [5.74, 6) is 0.677. The zero-order chi connectivity index (χ0) is 19.0. The summed E-state index contributed by atoms with van der Waals surface area (Å²) in [7, 11) is -3.62. The van der Waals surface area contributed by atoms with Gasteiger partial charge < -0.3 is 4.74 Å². The van der Waals surface area contributed by atoms with Gasteiger partial charge in [0.25, 0.3) is 5.16 Å². The van der Waals surface area contributed by atoms with Crippen LogP contribution in [0.5, 0.6) is 5.75 Å². The van der Waals surface area contributed by atoms with Crippen LogP contribution in [0.4, 0.5) is 0 Å². The number of nitrogens with zero attached hydrogens (tertiary/aromatic N) is 4. The first-order valence-electron chi connectivity index (χ1n) is 8.56. The molecule has 0 bridgehead atoms. The van der Waals surface area contributed by atoms with E-state index in [9.17, 15) is 8.42 Å². The molecule has 0 radical (unpaired) electrons. The van der Waals surface area contributed by atoms with Gasteiger partial charge in [-0.25, -0.2) is 8.42 Å². The van der Waals surface area contributed by atoms with Crippen molar-refractivity contribution in [3.63, 3.8) is 0 Å². The van der Waals surface area contributed by atoms with Crippen molar-refractivity contribution in [3.8, 4) is 11.4 Å². The molecule has 2 aromatic carbocycles. The van der Waals surface area contributed by atoms with Crippen LogP contribution in [0.15, 0.2) is 78.0 Å². The molecule has 8 heteroatoms. The maximum atomic E-state index is 12.5. The second-order valence-electron chi connectivity index (χ2n) is 5.77. The van der Waals surface area contributed by atoms with Crippen molar-refractivity contribution in [3.05, 3.63) is 72.8 Å². The molecular formula is C19H20N4O3S. The number of rotatable bonds is 9. The van der Waals surface area contributed by atoms with Gasteiger partial charge in [0.1, 0.15) is 5.75 Å². The Morgan fingerprint density at radius 2 is 1.67 bits per heavy atom. The second kappa shape index (κ2) is 9.09. The van der Waals surface area contributed by atoms with Crippen molar-refractivity contribution < 1.29 is 13.2 Å². The Kier molecular flexibility index (Phi) is 6.32. The first-order valence-corrected chi connectivity index (χ1v) is 10.2. The van der Waals surface area contributed by atoms with E-state index < -0.39 is 9.84 Å². The summed E-state index contributed by atoms with van der Waals surface area (Å²) in [4.78, 5) is 0. The number of hydrogen-bond acceptors (Lipinski definition) is 6. The molecule has 3 rings (SSSR count). The number of unbranched alkanes of at least 4 members (excludes halogenated alkanes) is 1.